The molecule has 1 aliphatic rings. The number of nitrogens with one attached hydrogen (secondary N) is 1. The van der Waals surface area contributed by atoms with Crippen LogP contribution in [0, 0.1) is 10.1 Å². The second-order valence-electron chi connectivity index (χ2n) is 4.69. The van der Waals surface area contributed by atoms with E-state index < -0.39 is 0 Å². The van der Waals surface area contributed by atoms with Crippen molar-refractivity contribution in [3.8, 4) is 0 Å². The van der Waals surface area contributed by atoms with Crippen LogP contribution in [0.5, 0.6) is 0 Å². The lowest BCUT2D eigenvalue weighted by molar-refractivity contribution is -0.384. The van der Waals surface area contributed by atoms with Crippen LogP contribution in [0.3, 0.4) is 0 Å². The molecule has 0 aromatic heterocycles. The van der Waals surface area contributed by atoms with Gasteiger partial charge in [-0.1, -0.05) is 36.4 Å². The number of non-ortho nitro benzene ring substituents is 1. The predicted octanol–water partition coefficient (Wildman–Crippen LogP) is 2.83. The predicted molar refractivity (Wildman–Crippen MR) is 73.1 cm³/mol. The van der Waals surface area contributed by atoms with Crippen molar-refractivity contribution < 1.29 is 4.92 Å². The Bertz CT molecular complexity index is 625. The Kier molecular flexibility index (Phi) is 3.01. The van der Waals surface area contributed by atoms with E-state index in [-0.39, 0.29) is 16.7 Å². The highest BCUT2D eigenvalue weighted by Gasteiger charge is 2.21. The fraction of sp³-hybridized carbons (Fsp3) is 0.200. The van der Waals surface area contributed by atoms with E-state index in [1.165, 1.54) is 17.2 Å². The largest absolute Gasteiger partial charge is 0.306 e. The van der Waals surface area contributed by atoms with Crippen molar-refractivity contribution in [2.24, 2.45) is 0 Å². The highest BCUT2D eigenvalue weighted by molar-refractivity contribution is 5.43. The van der Waals surface area contributed by atoms with E-state index in [9.17, 15) is 10.1 Å². The van der Waals surface area contributed by atoms with Gasteiger partial charge in [0.1, 0.15) is 0 Å². The number of benzene rings is 2. The van der Waals surface area contributed by atoms with Gasteiger partial charge in [-0.05, 0) is 23.1 Å². The molecule has 96 valence electrons. The maximum absolute atomic E-state index is 10.9. The van der Waals surface area contributed by atoms with Gasteiger partial charge in [0.25, 0.3) is 5.69 Å². The van der Waals surface area contributed by atoms with Crippen molar-refractivity contribution in [3.63, 3.8) is 0 Å². The maximum Gasteiger partial charge on any atom is 0.269 e. The van der Waals surface area contributed by atoms with Gasteiger partial charge in [-0.25, -0.2) is 0 Å². The van der Waals surface area contributed by atoms with Crippen LogP contribution < -0.4 is 5.32 Å². The third kappa shape index (κ3) is 2.22. The van der Waals surface area contributed by atoms with Crippen LogP contribution in [-0.4, -0.2) is 11.5 Å². The van der Waals surface area contributed by atoms with Gasteiger partial charge < -0.3 is 5.32 Å². The number of rotatable bonds is 2. The van der Waals surface area contributed by atoms with Crippen molar-refractivity contribution >= 4 is 5.69 Å². The van der Waals surface area contributed by atoms with Crippen molar-refractivity contribution in [1.29, 1.82) is 0 Å². The van der Waals surface area contributed by atoms with Crippen LogP contribution in [0.25, 0.3) is 0 Å². The molecule has 1 aliphatic heterocycles. The summed E-state index contributed by atoms with van der Waals surface area (Å²) in [5, 5.41) is 14.3. The molecule has 1 heterocycles. The highest BCUT2D eigenvalue weighted by Crippen LogP contribution is 2.30. The minimum absolute atomic E-state index is 0.0462. The number of hydrogen-bond donors (Lipinski definition) is 1. The molecular weight excluding hydrogens is 240 g/mol. The molecule has 0 aliphatic carbocycles. The first-order valence-electron chi connectivity index (χ1n) is 6.31. The zero-order valence-corrected chi connectivity index (χ0v) is 10.4. The third-order valence-corrected chi connectivity index (χ3v) is 3.52. The lowest BCUT2D eigenvalue weighted by atomic mass is 9.90. The summed E-state index contributed by atoms with van der Waals surface area (Å²) in [6, 6.07) is 15.2. The van der Waals surface area contributed by atoms with E-state index in [2.05, 4.69) is 17.4 Å². The number of nitro groups is 1. The lowest BCUT2D eigenvalue weighted by Crippen LogP contribution is -2.30. The minimum Gasteiger partial charge on any atom is -0.306 e. The Morgan fingerprint density at radius 3 is 2.84 bits per heavy atom. The van der Waals surface area contributed by atoms with Crippen LogP contribution >= 0.6 is 0 Å². The summed E-state index contributed by atoms with van der Waals surface area (Å²) < 4.78 is 0. The van der Waals surface area contributed by atoms with E-state index in [1.54, 1.807) is 12.1 Å². The number of hydrogen-bond acceptors (Lipinski definition) is 3. The SMILES string of the molecule is O=[N+]([O-])c1cccc(C2NCCc3ccccc32)c1. The van der Waals surface area contributed by atoms with E-state index in [0.717, 1.165) is 18.5 Å². The number of nitro benzene ring substituents is 1. The highest BCUT2D eigenvalue weighted by atomic mass is 16.6. The summed E-state index contributed by atoms with van der Waals surface area (Å²) in [6.45, 7) is 0.893. The van der Waals surface area contributed by atoms with Crippen LogP contribution in [0.2, 0.25) is 0 Å². The maximum atomic E-state index is 10.9. The minimum atomic E-state index is -0.349. The van der Waals surface area contributed by atoms with Crippen molar-refractivity contribution in [2.45, 2.75) is 12.5 Å². The average Bonchev–Trinajstić information content (AvgIpc) is 2.47. The van der Waals surface area contributed by atoms with Crippen LogP contribution in [0.4, 0.5) is 5.69 Å². The first-order valence-corrected chi connectivity index (χ1v) is 6.31. The molecule has 4 heteroatoms. The molecule has 1 N–H and O–H groups in total. The Morgan fingerprint density at radius 2 is 2.00 bits per heavy atom. The van der Waals surface area contributed by atoms with Gasteiger partial charge in [0, 0.05) is 18.7 Å². The van der Waals surface area contributed by atoms with Crippen LogP contribution in [0.15, 0.2) is 48.5 Å². The molecule has 0 radical (unpaired) electrons. The molecule has 2 aromatic rings. The van der Waals surface area contributed by atoms with Gasteiger partial charge in [-0.15, -0.1) is 0 Å². The Labute approximate surface area is 111 Å². The lowest BCUT2D eigenvalue weighted by Gasteiger charge is -2.27. The zero-order chi connectivity index (χ0) is 13.2. The molecule has 1 unspecified atom stereocenters. The molecule has 0 amide bonds. The van der Waals surface area contributed by atoms with Crippen molar-refractivity contribution in [3.05, 3.63) is 75.3 Å². The molecule has 4 nitrogen and oxygen atoms in total. The van der Waals surface area contributed by atoms with Crippen molar-refractivity contribution in [1.82, 2.24) is 5.32 Å². The van der Waals surface area contributed by atoms with Gasteiger partial charge in [-0.2, -0.15) is 0 Å². The molecule has 0 saturated heterocycles. The summed E-state index contributed by atoms with van der Waals surface area (Å²) >= 11 is 0. The van der Waals surface area contributed by atoms with E-state index in [1.807, 2.05) is 18.2 Å². The normalized spacial score (nSPS) is 17.8. The quantitative estimate of drug-likeness (QED) is 0.662. The van der Waals surface area contributed by atoms with E-state index in [4.69, 9.17) is 0 Å². The molecule has 3 rings (SSSR count). The standard InChI is InChI=1S/C15H14N2O2/c18-17(19)13-6-3-5-12(10-13)15-14-7-2-1-4-11(14)8-9-16-15/h1-7,10,15-16H,8-9H2. The monoisotopic (exact) mass is 254 g/mol. The Morgan fingerprint density at radius 1 is 1.16 bits per heavy atom. The topological polar surface area (TPSA) is 55.2 Å². The molecule has 19 heavy (non-hydrogen) atoms. The summed E-state index contributed by atoms with van der Waals surface area (Å²) in [6.07, 6.45) is 1.00. The summed E-state index contributed by atoms with van der Waals surface area (Å²) in [7, 11) is 0. The molecular formula is C15H14N2O2. The Balaban J connectivity index is 2.04. The van der Waals surface area contributed by atoms with E-state index >= 15 is 0 Å². The molecule has 0 fully saturated rings. The summed E-state index contributed by atoms with van der Waals surface area (Å²) in [5.41, 5.74) is 3.62. The molecule has 0 bridgehead atoms. The fourth-order valence-electron chi connectivity index (χ4n) is 2.62. The van der Waals surface area contributed by atoms with Gasteiger partial charge in [0.05, 0.1) is 11.0 Å². The second-order valence-corrected chi connectivity index (χ2v) is 4.69. The number of nitrogens with zero attached hydrogens (tertiary/aromatic N) is 1. The van der Waals surface area contributed by atoms with Gasteiger partial charge in [0.15, 0.2) is 0 Å². The van der Waals surface area contributed by atoms with Crippen LogP contribution in [0.1, 0.15) is 22.7 Å². The fourth-order valence-corrected chi connectivity index (χ4v) is 2.62. The van der Waals surface area contributed by atoms with Gasteiger partial charge >= 0.3 is 0 Å². The Hall–Kier alpha value is -2.20. The van der Waals surface area contributed by atoms with Crippen LogP contribution in [-0.2, 0) is 6.42 Å². The summed E-state index contributed by atoms with van der Waals surface area (Å²) in [5.74, 6) is 0. The second kappa shape index (κ2) is 4.82. The first kappa shape index (κ1) is 11.9. The summed E-state index contributed by atoms with van der Waals surface area (Å²) in [4.78, 5) is 10.5. The third-order valence-electron chi connectivity index (χ3n) is 3.52. The average molecular weight is 254 g/mol. The first-order chi connectivity index (χ1) is 9.25. The molecule has 0 spiro atoms. The van der Waals surface area contributed by atoms with Gasteiger partial charge in [-0.3, -0.25) is 10.1 Å². The zero-order valence-electron chi connectivity index (χ0n) is 10.4. The number of fused-ring (bicyclic) bond motifs is 1. The van der Waals surface area contributed by atoms with Crippen molar-refractivity contribution in [2.75, 3.05) is 6.54 Å². The molecule has 2 aromatic carbocycles. The smallest absolute Gasteiger partial charge is 0.269 e. The van der Waals surface area contributed by atoms with Gasteiger partial charge in [0.2, 0.25) is 0 Å². The van der Waals surface area contributed by atoms with E-state index in [0.29, 0.717) is 0 Å². The molecule has 0 saturated carbocycles. The molecule has 1 atom stereocenters.